The summed E-state index contributed by atoms with van der Waals surface area (Å²) >= 11 is 0. The van der Waals surface area contributed by atoms with Crippen LogP contribution in [0.2, 0.25) is 0 Å². The van der Waals surface area contributed by atoms with Crippen molar-refractivity contribution in [3.63, 3.8) is 0 Å². The van der Waals surface area contributed by atoms with Crippen LogP contribution in [-0.4, -0.2) is 17.8 Å². The molecule has 3 rings (SSSR count). The van der Waals surface area contributed by atoms with Gasteiger partial charge >= 0.3 is 0 Å². The molecule has 0 amide bonds. The van der Waals surface area contributed by atoms with Crippen molar-refractivity contribution in [3.05, 3.63) is 53.6 Å². The number of rotatable bonds is 1. The minimum Gasteiger partial charge on any atom is -0.334 e. The van der Waals surface area contributed by atoms with E-state index in [1.165, 1.54) is 17.2 Å². The molecule has 0 saturated heterocycles. The van der Waals surface area contributed by atoms with E-state index in [2.05, 4.69) is 11.2 Å². The van der Waals surface area contributed by atoms with Gasteiger partial charge in [0.1, 0.15) is 12.5 Å². The Morgan fingerprint density at radius 1 is 1.29 bits per heavy atom. The average Bonchev–Trinajstić information content (AvgIpc) is 2.73. The van der Waals surface area contributed by atoms with Crippen molar-refractivity contribution in [2.75, 3.05) is 6.67 Å². The topological polar surface area (TPSA) is 15.6 Å². The second-order valence-corrected chi connectivity index (χ2v) is 4.28. The molecular formula is C14H13FN2. The predicted octanol–water partition coefficient (Wildman–Crippen LogP) is 2.97. The van der Waals surface area contributed by atoms with E-state index in [1.54, 1.807) is 12.3 Å². The summed E-state index contributed by atoms with van der Waals surface area (Å²) in [5.41, 5.74) is 3.55. The number of nitrogens with zero attached hydrogens (tertiary/aromatic N) is 2. The van der Waals surface area contributed by atoms with Crippen molar-refractivity contribution in [3.8, 4) is 0 Å². The monoisotopic (exact) mass is 228 g/mol. The Morgan fingerprint density at radius 3 is 3.06 bits per heavy atom. The highest BCUT2D eigenvalue weighted by Crippen LogP contribution is 2.32. The molecule has 1 aromatic carbocycles. The Labute approximate surface area is 99.8 Å². The first kappa shape index (κ1) is 10.3. The lowest BCUT2D eigenvalue weighted by molar-refractivity contribution is 0.521. The summed E-state index contributed by atoms with van der Waals surface area (Å²) in [6.07, 6.45) is 9.74. The van der Waals surface area contributed by atoms with Crippen LogP contribution in [0.5, 0.6) is 0 Å². The second kappa shape index (κ2) is 4.17. The van der Waals surface area contributed by atoms with Crippen LogP contribution in [-0.2, 0) is 6.42 Å². The Balaban J connectivity index is 1.90. The van der Waals surface area contributed by atoms with Crippen LogP contribution < -0.4 is 0 Å². The smallest absolute Gasteiger partial charge is 0.123 e. The number of hydrogen-bond acceptors (Lipinski definition) is 2. The highest BCUT2D eigenvalue weighted by atomic mass is 19.1. The lowest BCUT2D eigenvalue weighted by Crippen LogP contribution is -2.12. The van der Waals surface area contributed by atoms with Gasteiger partial charge in [-0.1, -0.05) is 6.07 Å². The third-order valence-electron chi connectivity index (χ3n) is 3.11. The van der Waals surface area contributed by atoms with Gasteiger partial charge in [-0.05, 0) is 47.8 Å². The van der Waals surface area contributed by atoms with E-state index in [4.69, 9.17) is 0 Å². The van der Waals surface area contributed by atoms with E-state index < -0.39 is 0 Å². The largest absolute Gasteiger partial charge is 0.334 e. The Hall–Kier alpha value is -1.90. The molecule has 1 aliphatic carbocycles. The number of fused-ring (bicyclic) bond motifs is 1. The van der Waals surface area contributed by atoms with Crippen LogP contribution in [0.25, 0.3) is 5.57 Å². The van der Waals surface area contributed by atoms with E-state index in [9.17, 15) is 4.39 Å². The van der Waals surface area contributed by atoms with Crippen LogP contribution in [0.15, 0.2) is 41.7 Å². The molecule has 86 valence electrons. The van der Waals surface area contributed by atoms with Gasteiger partial charge in [-0.15, -0.1) is 0 Å². The average molecular weight is 228 g/mol. The zero-order valence-corrected chi connectivity index (χ0v) is 9.44. The summed E-state index contributed by atoms with van der Waals surface area (Å²) < 4.78 is 13.1. The molecule has 0 spiro atoms. The molecule has 2 nitrogen and oxygen atoms in total. The number of allylic oxidation sites excluding steroid dienone is 2. The summed E-state index contributed by atoms with van der Waals surface area (Å²) in [6.45, 7) is 0.663. The van der Waals surface area contributed by atoms with Crippen molar-refractivity contribution in [1.29, 1.82) is 0 Å². The summed E-state index contributed by atoms with van der Waals surface area (Å²) in [7, 11) is 0. The van der Waals surface area contributed by atoms with Gasteiger partial charge in [0, 0.05) is 18.6 Å². The molecule has 0 aromatic heterocycles. The maximum atomic E-state index is 13.1. The molecule has 0 bridgehead atoms. The van der Waals surface area contributed by atoms with Crippen LogP contribution in [0, 0.1) is 5.82 Å². The van der Waals surface area contributed by atoms with E-state index in [0.717, 1.165) is 18.4 Å². The molecule has 0 saturated carbocycles. The fraction of sp³-hybridized carbons (Fsp3) is 0.214. The van der Waals surface area contributed by atoms with Crippen molar-refractivity contribution < 1.29 is 4.39 Å². The molecular weight excluding hydrogens is 215 g/mol. The van der Waals surface area contributed by atoms with Crippen LogP contribution >= 0.6 is 0 Å². The predicted molar refractivity (Wildman–Crippen MR) is 67.0 cm³/mol. The molecule has 2 aliphatic rings. The minimum atomic E-state index is -0.146. The maximum Gasteiger partial charge on any atom is 0.123 e. The lowest BCUT2D eigenvalue weighted by atomic mass is 10.1. The van der Waals surface area contributed by atoms with Gasteiger partial charge in [0.05, 0.1) is 0 Å². The number of aliphatic imine (C=N–C) groups is 1. The first-order valence-electron chi connectivity index (χ1n) is 5.75. The van der Waals surface area contributed by atoms with Gasteiger partial charge in [0.15, 0.2) is 0 Å². The van der Waals surface area contributed by atoms with Gasteiger partial charge in [-0.25, -0.2) is 4.39 Å². The van der Waals surface area contributed by atoms with Crippen LogP contribution in [0.4, 0.5) is 4.39 Å². The van der Waals surface area contributed by atoms with Crippen molar-refractivity contribution >= 4 is 11.8 Å². The number of benzene rings is 1. The van der Waals surface area contributed by atoms with Gasteiger partial charge < -0.3 is 4.90 Å². The Morgan fingerprint density at radius 2 is 2.24 bits per heavy atom. The van der Waals surface area contributed by atoms with E-state index in [1.807, 2.05) is 23.2 Å². The van der Waals surface area contributed by atoms with Gasteiger partial charge in [0.2, 0.25) is 0 Å². The van der Waals surface area contributed by atoms with Crippen molar-refractivity contribution in [1.82, 2.24) is 4.90 Å². The molecule has 0 radical (unpaired) electrons. The summed E-state index contributed by atoms with van der Waals surface area (Å²) in [4.78, 5) is 6.23. The van der Waals surface area contributed by atoms with Gasteiger partial charge in [0.25, 0.3) is 0 Å². The van der Waals surface area contributed by atoms with Crippen LogP contribution in [0.1, 0.15) is 17.5 Å². The van der Waals surface area contributed by atoms with E-state index in [-0.39, 0.29) is 5.82 Å². The summed E-state index contributed by atoms with van der Waals surface area (Å²) in [6, 6.07) is 5.04. The number of halogens is 1. The van der Waals surface area contributed by atoms with Crippen molar-refractivity contribution in [2.24, 2.45) is 4.99 Å². The molecule has 1 aromatic rings. The Bertz CT molecular complexity index is 529. The second-order valence-electron chi connectivity index (χ2n) is 4.28. The highest BCUT2D eigenvalue weighted by molar-refractivity contribution is 5.74. The first-order chi connectivity index (χ1) is 8.33. The SMILES string of the molecule is Fc1ccc2c(c1)CC/C2=C\N1C=CC=NC1. The molecule has 0 atom stereocenters. The standard InChI is InChI=1S/C14H13FN2/c15-13-4-5-14-11(8-13)2-3-12(14)9-17-7-1-6-16-10-17/h1,4-9H,2-3,10H2/b12-9+. The molecule has 0 fully saturated rings. The third kappa shape index (κ3) is 2.00. The normalized spacial score (nSPS) is 20.1. The fourth-order valence-corrected chi connectivity index (χ4v) is 2.30. The number of hydrogen-bond donors (Lipinski definition) is 0. The zero-order valence-electron chi connectivity index (χ0n) is 9.44. The highest BCUT2D eigenvalue weighted by Gasteiger charge is 2.17. The van der Waals surface area contributed by atoms with Gasteiger partial charge in [-0.3, -0.25) is 4.99 Å². The van der Waals surface area contributed by atoms with Crippen LogP contribution in [0.3, 0.4) is 0 Å². The van der Waals surface area contributed by atoms with E-state index in [0.29, 0.717) is 6.67 Å². The molecule has 1 heterocycles. The zero-order chi connectivity index (χ0) is 11.7. The molecule has 3 heteroatoms. The van der Waals surface area contributed by atoms with Crippen molar-refractivity contribution in [2.45, 2.75) is 12.8 Å². The molecule has 17 heavy (non-hydrogen) atoms. The molecule has 0 unspecified atom stereocenters. The summed E-state index contributed by atoms with van der Waals surface area (Å²) in [5.74, 6) is -0.146. The molecule has 1 aliphatic heterocycles. The Kier molecular flexibility index (Phi) is 2.52. The maximum absolute atomic E-state index is 13.1. The first-order valence-corrected chi connectivity index (χ1v) is 5.75. The van der Waals surface area contributed by atoms with Gasteiger partial charge in [-0.2, -0.15) is 0 Å². The summed E-state index contributed by atoms with van der Waals surface area (Å²) in [5, 5.41) is 0. The van der Waals surface area contributed by atoms with E-state index >= 15 is 0 Å². The quantitative estimate of drug-likeness (QED) is 0.721. The number of aryl methyl sites for hydroxylation is 1. The fourth-order valence-electron chi connectivity index (χ4n) is 2.30. The third-order valence-corrected chi connectivity index (χ3v) is 3.11. The minimum absolute atomic E-state index is 0.146. The lowest BCUT2D eigenvalue weighted by Gasteiger charge is -2.16. The molecule has 0 N–H and O–H groups in total.